The number of ether oxygens (including phenoxy) is 5. The molecule has 4 aromatic rings. The van der Waals surface area contributed by atoms with E-state index in [0.717, 1.165) is 33.6 Å². The molecule has 0 saturated carbocycles. The van der Waals surface area contributed by atoms with E-state index < -0.39 is 33.6 Å². The van der Waals surface area contributed by atoms with Crippen molar-refractivity contribution in [2.24, 2.45) is 0 Å². The van der Waals surface area contributed by atoms with Crippen molar-refractivity contribution in [1.29, 1.82) is 0 Å². The number of alkyl halides is 3. The van der Waals surface area contributed by atoms with Gasteiger partial charge in [0, 0.05) is 18.5 Å². The van der Waals surface area contributed by atoms with Crippen LogP contribution in [0.2, 0.25) is 0 Å². The predicted molar refractivity (Wildman–Crippen MR) is 178 cm³/mol. The van der Waals surface area contributed by atoms with Crippen molar-refractivity contribution in [1.82, 2.24) is 9.55 Å². The lowest BCUT2D eigenvalue weighted by Gasteiger charge is -2.21. The van der Waals surface area contributed by atoms with Crippen LogP contribution in [0.25, 0.3) is 11.3 Å². The van der Waals surface area contributed by atoms with Gasteiger partial charge in [-0.25, -0.2) is 9.78 Å². The Labute approximate surface area is 289 Å². The Hall–Kier alpha value is -4.60. The minimum Gasteiger partial charge on any atom is -0.497 e. The number of carbonyl (C=O) groups is 1. The molecule has 11 nitrogen and oxygen atoms in total. The number of benzene rings is 2. The fraction of sp³-hybridized carbons (Fsp3) is 0.371. The van der Waals surface area contributed by atoms with Crippen molar-refractivity contribution in [3.05, 3.63) is 95.3 Å². The molecular formula is C35H39F3N2O9S. The summed E-state index contributed by atoms with van der Waals surface area (Å²) in [5.41, 5.74) is 0.315. The SMILES string of the molecule is COc1ccc(COc2cc(OCc3ccc(C(C)OCCOS(C)(=O)=O)cc3)ncc2-c2cc(C(F)(F)F)cn2C(=O)OC(C)(C)C)cc1. The molecule has 4 rings (SSSR count). The van der Waals surface area contributed by atoms with Crippen molar-refractivity contribution < 1.29 is 54.3 Å². The zero-order valence-corrected chi connectivity index (χ0v) is 29.3. The molecule has 2 aromatic heterocycles. The largest absolute Gasteiger partial charge is 0.497 e. The highest BCUT2D eigenvalue weighted by Gasteiger charge is 2.35. The van der Waals surface area contributed by atoms with Crippen LogP contribution in [-0.4, -0.2) is 56.2 Å². The highest BCUT2D eigenvalue weighted by Crippen LogP contribution is 2.38. The van der Waals surface area contributed by atoms with Gasteiger partial charge in [0.05, 0.1) is 49.5 Å². The molecule has 0 aliphatic rings. The lowest BCUT2D eigenvalue weighted by atomic mass is 10.1. The Balaban J connectivity index is 1.58. The normalized spacial score (nSPS) is 12.7. The van der Waals surface area contributed by atoms with Crippen molar-refractivity contribution in [3.63, 3.8) is 0 Å². The van der Waals surface area contributed by atoms with E-state index in [1.54, 1.807) is 45.0 Å². The summed E-state index contributed by atoms with van der Waals surface area (Å²) < 4.78 is 97.6. The first-order valence-corrected chi connectivity index (χ1v) is 17.2. The third-order valence-corrected chi connectivity index (χ3v) is 7.59. The number of methoxy groups -OCH3 is 1. The summed E-state index contributed by atoms with van der Waals surface area (Å²) in [5.74, 6) is 0.873. The van der Waals surface area contributed by atoms with E-state index in [2.05, 4.69) is 9.17 Å². The van der Waals surface area contributed by atoms with Gasteiger partial charge in [0.25, 0.3) is 10.1 Å². The van der Waals surface area contributed by atoms with Gasteiger partial charge in [-0.15, -0.1) is 0 Å². The molecule has 0 bridgehead atoms. The van der Waals surface area contributed by atoms with Crippen LogP contribution in [0.4, 0.5) is 18.0 Å². The number of rotatable bonds is 14. The number of nitrogens with zero attached hydrogens (tertiary/aromatic N) is 2. The number of pyridine rings is 1. The van der Waals surface area contributed by atoms with Gasteiger partial charge in [-0.05, 0) is 62.6 Å². The van der Waals surface area contributed by atoms with Crippen LogP contribution in [0.15, 0.2) is 73.1 Å². The van der Waals surface area contributed by atoms with E-state index >= 15 is 0 Å². The smallest absolute Gasteiger partial charge is 0.419 e. The van der Waals surface area contributed by atoms with Crippen LogP contribution >= 0.6 is 0 Å². The van der Waals surface area contributed by atoms with Crippen molar-refractivity contribution in [2.45, 2.75) is 58.8 Å². The van der Waals surface area contributed by atoms with Crippen molar-refractivity contribution >= 4 is 16.2 Å². The standard InChI is InChI=1S/C35H39F3N2O9S/c1-23(45-15-16-48-50(6,42)43)26-11-7-24(8-12-26)22-47-32-18-31(46-21-25-9-13-28(44-5)14-10-25)29(19-39-32)30-17-27(35(36,37)38)20-40(30)33(41)49-34(2,3)4/h7-14,17-20,23H,15-16,21-22H2,1-6H3. The highest BCUT2D eigenvalue weighted by atomic mass is 32.2. The van der Waals surface area contributed by atoms with Gasteiger partial charge in [0.2, 0.25) is 5.88 Å². The van der Waals surface area contributed by atoms with Gasteiger partial charge < -0.3 is 23.7 Å². The molecule has 0 spiro atoms. The molecule has 15 heteroatoms. The molecule has 0 saturated heterocycles. The fourth-order valence-electron chi connectivity index (χ4n) is 4.53. The summed E-state index contributed by atoms with van der Waals surface area (Å²) in [6.07, 6.45) is -3.14. The summed E-state index contributed by atoms with van der Waals surface area (Å²) in [6, 6.07) is 16.7. The van der Waals surface area contributed by atoms with Gasteiger partial charge in [-0.3, -0.25) is 8.75 Å². The second-order valence-electron chi connectivity index (χ2n) is 12.2. The van der Waals surface area contributed by atoms with Gasteiger partial charge in [-0.2, -0.15) is 21.6 Å². The highest BCUT2D eigenvalue weighted by molar-refractivity contribution is 7.85. The van der Waals surface area contributed by atoms with Crippen LogP contribution in [0, 0.1) is 0 Å². The van der Waals surface area contributed by atoms with E-state index in [4.69, 9.17) is 23.7 Å². The second kappa shape index (κ2) is 16.0. The van der Waals surface area contributed by atoms with Gasteiger partial charge in [0.1, 0.15) is 30.3 Å². The Morgan fingerprint density at radius 3 is 2.12 bits per heavy atom. The fourth-order valence-corrected chi connectivity index (χ4v) is 4.90. The number of aromatic nitrogens is 2. The number of hydrogen-bond acceptors (Lipinski definition) is 10. The molecule has 0 radical (unpaired) electrons. The van der Waals surface area contributed by atoms with Crippen LogP contribution in [0.1, 0.15) is 56.1 Å². The third-order valence-electron chi connectivity index (χ3n) is 6.99. The average Bonchev–Trinajstić information content (AvgIpc) is 3.51. The van der Waals surface area contributed by atoms with Gasteiger partial charge in [-0.1, -0.05) is 36.4 Å². The topological polar surface area (TPSA) is 124 Å². The molecule has 1 unspecified atom stereocenters. The number of halogens is 3. The van der Waals surface area contributed by atoms with E-state index in [-0.39, 0.29) is 55.4 Å². The van der Waals surface area contributed by atoms with Gasteiger partial charge in [0.15, 0.2) is 0 Å². The minimum atomic E-state index is -4.74. The molecule has 0 fully saturated rings. The Bertz CT molecular complexity index is 1850. The average molecular weight is 721 g/mol. The predicted octanol–water partition coefficient (Wildman–Crippen LogP) is 7.57. The summed E-state index contributed by atoms with van der Waals surface area (Å²) in [5, 5.41) is 0. The van der Waals surface area contributed by atoms with Crippen LogP contribution < -0.4 is 14.2 Å². The van der Waals surface area contributed by atoms with E-state index in [1.807, 2.05) is 31.2 Å². The summed E-state index contributed by atoms with van der Waals surface area (Å²) in [4.78, 5) is 17.4. The lowest BCUT2D eigenvalue weighted by Crippen LogP contribution is -2.27. The van der Waals surface area contributed by atoms with Gasteiger partial charge >= 0.3 is 12.3 Å². The molecular weight excluding hydrogens is 681 g/mol. The molecule has 0 aliphatic heterocycles. The monoisotopic (exact) mass is 720 g/mol. The Kier molecular flexibility index (Phi) is 12.2. The van der Waals surface area contributed by atoms with Crippen LogP contribution in [-0.2, 0) is 43.2 Å². The van der Waals surface area contributed by atoms with Crippen molar-refractivity contribution in [2.75, 3.05) is 26.6 Å². The minimum absolute atomic E-state index is 0.0296. The third kappa shape index (κ3) is 11.2. The molecule has 0 N–H and O–H groups in total. The van der Waals surface area contributed by atoms with E-state index in [0.29, 0.717) is 11.9 Å². The zero-order chi connectivity index (χ0) is 36.7. The first-order valence-electron chi connectivity index (χ1n) is 15.4. The maximum absolute atomic E-state index is 13.9. The molecule has 1 atom stereocenters. The quantitative estimate of drug-likeness (QED) is 0.0952. The first kappa shape index (κ1) is 38.2. The first-order chi connectivity index (χ1) is 23.4. The maximum Gasteiger partial charge on any atom is 0.419 e. The van der Waals surface area contributed by atoms with Crippen LogP contribution in [0.3, 0.4) is 0 Å². The Morgan fingerprint density at radius 1 is 0.920 bits per heavy atom. The molecule has 270 valence electrons. The molecule has 0 aliphatic carbocycles. The van der Waals surface area contributed by atoms with Crippen molar-refractivity contribution in [3.8, 4) is 28.6 Å². The second-order valence-corrected chi connectivity index (χ2v) is 13.8. The number of carbonyl (C=O) groups excluding carboxylic acids is 1. The molecule has 0 amide bonds. The molecule has 2 heterocycles. The van der Waals surface area contributed by atoms with E-state index in [1.165, 1.54) is 19.4 Å². The summed E-state index contributed by atoms with van der Waals surface area (Å²) in [7, 11) is -2.01. The molecule has 50 heavy (non-hydrogen) atoms. The lowest BCUT2D eigenvalue weighted by molar-refractivity contribution is -0.137. The number of hydrogen-bond donors (Lipinski definition) is 0. The maximum atomic E-state index is 13.9. The summed E-state index contributed by atoms with van der Waals surface area (Å²) >= 11 is 0. The van der Waals surface area contributed by atoms with Crippen LogP contribution in [0.5, 0.6) is 17.4 Å². The van der Waals surface area contributed by atoms with E-state index in [9.17, 15) is 26.4 Å². The molecule has 2 aromatic carbocycles. The summed E-state index contributed by atoms with van der Waals surface area (Å²) in [6.45, 7) is 6.76. The zero-order valence-electron chi connectivity index (χ0n) is 28.4. The Morgan fingerprint density at radius 2 is 1.54 bits per heavy atom.